The Morgan fingerprint density at radius 3 is 2.55 bits per heavy atom. The monoisotopic (exact) mass is 424 g/mol. The SMILES string of the molecule is Cn1nc2c(c1S(=O)(=O)N1CCC3(CCC(N4CCOCC4)C3)CC1)COCC2. The lowest BCUT2D eigenvalue weighted by atomic mass is 9.77. The van der Waals surface area contributed by atoms with Gasteiger partial charge in [0.15, 0.2) is 5.03 Å². The minimum atomic E-state index is -3.54. The molecule has 1 aromatic rings. The van der Waals surface area contributed by atoms with Gasteiger partial charge in [-0.2, -0.15) is 9.40 Å². The van der Waals surface area contributed by atoms with E-state index in [2.05, 4.69) is 10.00 Å². The van der Waals surface area contributed by atoms with Crippen molar-refractivity contribution in [2.24, 2.45) is 12.5 Å². The van der Waals surface area contributed by atoms with Crippen LogP contribution in [0.15, 0.2) is 5.03 Å². The Morgan fingerprint density at radius 2 is 1.79 bits per heavy atom. The van der Waals surface area contributed by atoms with E-state index in [1.54, 1.807) is 16.0 Å². The smallest absolute Gasteiger partial charge is 0.260 e. The van der Waals surface area contributed by atoms with Crippen molar-refractivity contribution >= 4 is 10.0 Å². The maximum atomic E-state index is 13.4. The van der Waals surface area contributed by atoms with Gasteiger partial charge in [-0.25, -0.2) is 8.42 Å². The molecule has 0 aromatic carbocycles. The minimum absolute atomic E-state index is 0.310. The van der Waals surface area contributed by atoms with Crippen LogP contribution in [0.2, 0.25) is 0 Å². The zero-order valence-corrected chi connectivity index (χ0v) is 18.1. The highest BCUT2D eigenvalue weighted by atomic mass is 32.2. The number of hydrogen-bond acceptors (Lipinski definition) is 6. The van der Waals surface area contributed by atoms with Gasteiger partial charge in [0.05, 0.1) is 32.1 Å². The number of rotatable bonds is 3. The van der Waals surface area contributed by atoms with Gasteiger partial charge < -0.3 is 9.47 Å². The normalized spacial score (nSPS) is 28.7. The van der Waals surface area contributed by atoms with Gasteiger partial charge in [-0.05, 0) is 37.5 Å². The number of aryl methyl sites for hydroxylation is 1. The maximum Gasteiger partial charge on any atom is 0.260 e. The highest BCUT2D eigenvalue weighted by molar-refractivity contribution is 7.89. The van der Waals surface area contributed by atoms with E-state index in [0.717, 1.165) is 50.4 Å². The molecule has 162 valence electrons. The van der Waals surface area contributed by atoms with E-state index in [0.29, 0.717) is 49.2 Å². The van der Waals surface area contributed by atoms with Gasteiger partial charge in [-0.15, -0.1) is 0 Å². The molecule has 8 nitrogen and oxygen atoms in total. The number of morpholine rings is 1. The minimum Gasteiger partial charge on any atom is -0.379 e. The standard InChI is InChI=1S/C20H32N4O4S/c1-22-19(17-15-28-11-3-18(17)21-22)29(25,26)24-7-5-20(6-8-24)4-2-16(14-20)23-9-12-27-13-10-23/h16H,2-15H2,1H3. The molecular weight excluding hydrogens is 392 g/mol. The molecule has 2 saturated heterocycles. The number of fused-ring (bicyclic) bond motifs is 1. The molecule has 0 bridgehead atoms. The van der Waals surface area contributed by atoms with Crippen molar-refractivity contribution in [1.29, 1.82) is 0 Å². The van der Waals surface area contributed by atoms with Crippen LogP contribution in [0, 0.1) is 5.41 Å². The first-order valence-corrected chi connectivity index (χ1v) is 12.4. The van der Waals surface area contributed by atoms with E-state index in [4.69, 9.17) is 9.47 Å². The second-order valence-corrected chi connectivity index (χ2v) is 11.0. The second kappa shape index (κ2) is 7.60. The number of piperidine rings is 1. The van der Waals surface area contributed by atoms with Crippen molar-refractivity contribution in [3.8, 4) is 0 Å². The zero-order chi connectivity index (χ0) is 20.1. The topological polar surface area (TPSA) is 76.9 Å². The number of hydrogen-bond donors (Lipinski definition) is 0. The lowest BCUT2D eigenvalue weighted by molar-refractivity contribution is 0.0137. The molecule has 29 heavy (non-hydrogen) atoms. The molecule has 0 N–H and O–H groups in total. The van der Waals surface area contributed by atoms with E-state index in [1.165, 1.54) is 19.3 Å². The quantitative estimate of drug-likeness (QED) is 0.725. The van der Waals surface area contributed by atoms with Crippen LogP contribution < -0.4 is 0 Å². The summed E-state index contributed by atoms with van der Waals surface area (Å²) in [5.74, 6) is 0. The number of aromatic nitrogens is 2. The maximum absolute atomic E-state index is 13.4. The summed E-state index contributed by atoms with van der Waals surface area (Å²) in [6, 6.07) is 0.642. The van der Waals surface area contributed by atoms with Crippen LogP contribution in [0.3, 0.4) is 0 Å². The van der Waals surface area contributed by atoms with Crippen LogP contribution in [-0.4, -0.2) is 79.4 Å². The summed E-state index contributed by atoms with van der Waals surface area (Å²) in [6.45, 7) is 5.93. The largest absolute Gasteiger partial charge is 0.379 e. The van der Waals surface area contributed by atoms with Crippen LogP contribution in [0.25, 0.3) is 0 Å². The summed E-state index contributed by atoms with van der Waals surface area (Å²) in [6.07, 6.45) is 6.27. The van der Waals surface area contributed by atoms with E-state index >= 15 is 0 Å². The van der Waals surface area contributed by atoms with E-state index in [9.17, 15) is 8.42 Å². The van der Waals surface area contributed by atoms with Gasteiger partial charge in [0, 0.05) is 51.3 Å². The van der Waals surface area contributed by atoms with Gasteiger partial charge in [0.25, 0.3) is 10.0 Å². The van der Waals surface area contributed by atoms with Gasteiger partial charge in [-0.1, -0.05) is 0 Å². The fourth-order valence-electron chi connectivity index (χ4n) is 5.83. The molecule has 9 heteroatoms. The van der Waals surface area contributed by atoms with Crippen molar-refractivity contribution in [3.05, 3.63) is 11.3 Å². The Labute approximate surface area is 173 Å². The van der Waals surface area contributed by atoms with Crippen LogP contribution in [0.4, 0.5) is 0 Å². The third kappa shape index (κ3) is 3.54. The van der Waals surface area contributed by atoms with Crippen molar-refractivity contribution in [1.82, 2.24) is 19.0 Å². The summed E-state index contributed by atoms with van der Waals surface area (Å²) in [5, 5.41) is 4.79. The second-order valence-electron chi connectivity index (χ2n) is 9.11. The molecule has 0 amide bonds. The third-order valence-electron chi connectivity index (χ3n) is 7.51. The molecule has 1 atom stereocenters. The molecule has 0 radical (unpaired) electrons. The Bertz CT molecular complexity index is 854. The highest BCUT2D eigenvalue weighted by Gasteiger charge is 2.45. The molecule has 1 saturated carbocycles. The zero-order valence-electron chi connectivity index (χ0n) is 17.3. The van der Waals surface area contributed by atoms with E-state index < -0.39 is 10.0 Å². The van der Waals surface area contributed by atoms with E-state index in [1.807, 2.05) is 0 Å². The Balaban J connectivity index is 1.28. The molecule has 3 fully saturated rings. The first-order chi connectivity index (χ1) is 14.0. The molecule has 1 spiro atoms. The van der Waals surface area contributed by atoms with E-state index in [-0.39, 0.29) is 0 Å². The molecule has 5 rings (SSSR count). The highest BCUT2D eigenvalue weighted by Crippen LogP contribution is 2.48. The third-order valence-corrected chi connectivity index (χ3v) is 9.55. The molecule has 4 aliphatic rings. The number of nitrogens with zero attached hydrogens (tertiary/aromatic N) is 4. The Morgan fingerprint density at radius 1 is 1.03 bits per heavy atom. The average Bonchev–Trinajstić information content (AvgIpc) is 3.29. The Hall–Kier alpha value is -1.00. The summed E-state index contributed by atoms with van der Waals surface area (Å²) in [7, 11) is -1.81. The summed E-state index contributed by atoms with van der Waals surface area (Å²) < 4.78 is 41.1. The predicted molar refractivity (Wildman–Crippen MR) is 107 cm³/mol. The molecule has 3 aliphatic heterocycles. The lowest BCUT2D eigenvalue weighted by Crippen LogP contribution is -2.45. The van der Waals surface area contributed by atoms with Crippen LogP contribution >= 0.6 is 0 Å². The van der Waals surface area contributed by atoms with Crippen molar-refractivity contribution < 1.29 is 17.9 Å². The van der Waals surface area contributed by atoms with Crippen molar-refractivity contribution in [3.63, 3.8) is 0 Å². The van der Waals surface area contributed by atoms with Crippen LogP contribution in [0.1, 0.15) is 43.4 Å². The number of ether oxygens (including phenoxy) is 2. The van der Waals surface area contributed by atoms with Gasteiger partial charge in [0.1, 0.15) is 0 Å². The predicted octanol–water partition coefficient (Wildman–Crippen LogP) is 1.15. The molecule has 4 heterocycles. The first-order valence-electron chi connectivity index (χ1n) is 10.9. The van der Waals surface area contributed by atoms with Gasteiger partial charge >= 0.3 is 0 Å². The summed E-state index contributed by atoms with van der Waals surface area (Å²) >= 11 is 0. The van der Waals surface area contributed by atoms with Gasteiger partial charge in [-0.3, -0.25) is 9.58 Å². The summed E-state index contributed by atoms with van der Waals surface area (Å²) in [4.78, 5) is 2.59. The molecule has 1 aromatic heterocycles. The molecule has 1 unspecified atom stereocenters. The molecular formula is C20H32N4O4S. The number of sulfonamides is 1. The van der Waals surface area contributed by atoms with Crippen LogP contribution in [0.5, 0.6) is 0 Å². The van der Waals surface area contributed by atoms with Crippen LogP contribution in [-0.2, 0) is 39.6 Å². The lowest BCUT2D eigenvalue weighted by Gasteiger charge is -2.40. The van der Waals surface area contributed by atoms with Crippen molar-refractivity contribution in [2.45, 2.75) is 56.2 Å². The fourth-order valence-corrected chi connectivity index (χ4v) is 7.60. The first kappa shape index (κ1) is 19.9. The Kier molecular flexibility index (Phi) is 5.23. The van der Waals surface area contributed by atoms with Crippen molar-refractivity contribution in [2.75, 3.05) is 46.0 Å². The molecule has 1 aliphatic carbocycles. The van der Waals surface area contributed by atoms with Gasteiger partial charge in [0.2, 0.25) is 0 Å². The average molecular weight is 425 g/mol. The fraction of sp³-hybridized carbons (Fsp3) is 0.850. The summed E-state index contributed by atoms with van der Waals surface area (Å²) in [5.41, 5.74) is 1.94.